The third-order valence-electron chi connectivity index (χ3n) is 4.30. The second-order valence-corrected chi connectivity index (χ2v) is 7.51. The summed E-state index contributed by atoms with van der Waals surface area (Å²) in [6.07, 6.45) is 2.47. The maximum atomic E-state index is 12.3. The van der Waals surface area contributed by atoms with E-state index < -0.39 is 0 Å². The van der Waals surface area contributed by atoms with Gasteiger partial charge in [-0.3, -0.25) is 14.4 Å². The summed E-state index contributed by atoms with van der Waals surface area (Å²) in [6.45, 7) is 10.6. The molecule has 0 unspecified atom stereocenters. The summed E-state index contributed by atoms with van der Waals surface area (Å²) >= 11 is 1.44. The van der Waals surface area contributed by atoms with Gasteiger partial charge in [-0.05, 0) is 32.9 Å². The second-order valence-electron chi connectivity index (χ2n) is 6.31. The molecule has 0 atom stereocenters. The summed E-state index contributed by atoms with van der Waals surface area (Å²) in [7, 11) is 0. The first-order chi connectivity index (χ1) is 11.6. The van der Waals surface area contributed by atoms with Crippen molar-refractivity contribution in [3.63, 3.8) is 0 Å². The van der Waals surface area contributed by atoms with Crippen LogP contribution < -0.4 is 5.32 Å². The van der Waals surface area contributed by atoms with Crippen LogP contribution in [0, 0.1) is 13.8 Å². The molecule has 6 nitrogen and oxygen atoms in total. The smallest absolute Gasteiger partial charge is 0.263 e. The van der Waals surface area contributed by atoms with Gasteiger partial charge in [0.2, 0.25) is 0 Å². The van der Waals surface area contributed by atoms with Gasteiger partial charge in [-0.2, -0.15) is 5.10 Å². The van der Waals surface area contributed by atoms with Gasteiger partial charge < -0.3 is 5.32 Å². The lowest BCUT2D eigenvalue weighted by molar-refractivity contribution is 0.0953. The van der Waals surface area contributed by atoms with Gasteiger partial charge in [-0.1, -0.05) is 13.3 Å². The van der Waals surface area contributed by atoms with E-state index in [9.17, 15) is 4.79 Å². The van der Waals surface area contributed by atoms with Crippen LogP contribution in [0.5, 0.6) is 0 Å². The van der Waals surface area contributed by atoms with Crippen LogP contribution in [0.15, 0.2) is 6.07 Å². The molecule has 2 aromatic heterocycles. The van der Waals surface area contributed by atoms with Crippen molar-refractivity contribution < 1.29 is 4.79 Å². The molecule has 130 valence electrons. The Bertz CT molecular complexity index is 721. The summed E-state index contributed by atoms with van der Waals surface area (Å²) in [6, 6.07) is 2.11. The second kappa shape index (κ2) is 7.44. The summed E-state index contributed by atoms with van der Waals surface area (Å²) < 4.78 is 2.08. The van der Waals surface area contributed by atoms with Crippen molar-refractivity contribution in [2.24, 2.45) is 0 Å². The predicted octanol–water partition coefficient (Wildman–Crippen LogP) is 2.50. The van der Waals surface area contributed by atoms with Crippen molar-refractivity contribution in [2.75, 3.05) is 13.1 Å². The molecule has 1 aliphatic rings. The lowest BCUT2D eigenvalue weighted by atomic mass is 10.2. The van der Waals surface area contributed by atoms with E-state index in [1.54, 1.807) is 0 Å². The first-order valence-corrected chi connectivity index (χ1v) is 9.38. The number of fused-ring (bicyclic) bond motifs is 1. The Hall–Kier alpha value is -1.73. The predicted molar refractivity (Wildman–Crippen MR) is 95.2 cm³/mol. The number of aromatic nitrogens is 3. The van der Waals surface area contributed by atoms with Crippen LogP contribution in [0.1, 0.15) is 51.5 Å². The molecule has 3 rings (SSSR count). The van der Waals surface area contributed by atoms with Gasteiger partial charge in [0.15, 0.2) is 0 Å². The minimum atomic E-state index is -0.0614. The molecule has 0 saturated carbocycles. The summed E-state index contributed by atoms with van der Waals surface area (Å²) in [5, 5.41) is 8.51. The number of unbranched alkanes of at least 4 members (excludes halogenated alkanes) is 1. The molecule has 2 aromatic rings. The van der Waals surface area contributed by atoms with Gasteiger partial charge in [0.05, 0.1) is 35.2 Å². The van der Waals surface area contributed by atoms with Crippen molar-refractivity contribution in [2.45, 2.75) is 53.2 Å². The van der Waals surface area contributed by atoms with E-state index in [2.05, 4.69) is 38.0 Å². The number of nitrogens with zero attached hydrogens (tertiary/aromatic N) is 4. The molecule has 0 bridgehead atoms. The van der Waals surface area contributed by atoms with Crippen molar-refractivity contribution in [3.8, 4) is 0 Å². The molecular formula is C17H25N5OS. The maximum absolute atomic E-state index is 12.3. The Balaban J connectivity index is 1.58. The average Bonchev–Trinajstić information content (AvgIpc) is 3.12. The third-order valence-corrected chi connectivity index (χ3v) is 5.37. The highest BCUT2D eigenvalue weighted by Gasteiger charge is 2.19. The number of nitrogens with one attached hydrogen (secondary N) is 1. The Morgan fingerprint density at radius 2 is 2.21 bits per heavy atom. The lowest BCUT2D eigenvalue weighted by Crippen LogP contribution is -2.34. The van der Waals surface area contributed by atoms with E-state index in [1.807, 2.05) is 13.8 Å². The molecule has 7 heteroatoms. The third kappa shape index (κ3) is 3.84. The largest absolute Gasteiger partial charge is 0.346 e. The number of aryl methyl sites for hydroxylation is 2. The zero-order valence-electron chi connectivity index (χ0n) is 14.6. The number of hydrogen-bond donors (Lipinski definition) is 1. The van der Waals surface area contributed by atoms with Gasteiger partial charge in [-0.15, -0.1) is 11.3 Å². The molecular weight excluding hydrogens is 322 g/mol. The molecule has 0 aromatic carbocycles. The molecule has 0 saturated heterocycles. The van der Waals surface area contributed by atoms with Crippen LogP contribution in [0.25, 0.3) is 0 Å². The maximum Gasteiger partial charge on any atom is 0.263 e. The lowest BCUT2D eigenvalue weighted by Gasteiger charge is -2.27. The van der Waals surface area contributed by atoms with E-state index in [0.717, 1.165) is 42.6 Å². The summed E-state index contributed by atoms with van der Waals surface area (Å²) in [5.74, 6) is -0.0614. The average molecular weight is 347 g/mol. The fourth-order valence-electron chi connectivity index (χ4n) is 3.03. The minimum Gasteiger partial charge on any atom is -0.346 e. The monoisotopic (exact) mass is 347 g/mol. The van der Waals surface area contributed by atoms with Gasteiger partial charge >= 0.3 is 0 Å². The molecule has 0 spiro atoms. The van der Waals surface area contributed by atoms with E-state index in [4.69, 9.17) is 0 Å². The summed E-state index contributed by atoms with van der Waals surface area (Å²) in [4.78, 5) is 19.8. The van der Waals surface area contributed by atoms with Crippen LogP contribution in [-0.2, 0) is 19.6 Å². The first-order valence-electron chi connectivity index (χ1n) is 8.57. The number of hydrogen-bond acceptors (Lipinski definition) is 5. The SMILES string of the molecule is CCCCN1CCn2nc(CNC(=O)c3sc(C)nc3C)cc2C1. The van der Waals surface area contributed by atoms with Crippen molar-refractivity contribution >= 4 is 17.2 Å². The van der Waals surface area contributed by atoms with Gasteiger partial charge in [0, 0.05) is 13.1 Å². The van der Waals surface area contributed by atoms with Crippen molar-refractivity contribution in [3.05, 3.63) is 33.0 Å². The first kappa shape index (κ1) is 17.1. The quantitative estimate of drug-likeness (QED) is 0.872. The number of amides is 1. The van der Waals surface area contributed by atoms with Gasteiger partial charge in [-0.25, -0.2) is 4.98 Å². The fraction of sp³-hybridized carbons (Fsp3) is 0.588. The highest BCUT2D eigenvalue weighted by Crippen LogP contribution is 2.17. The molecule has 1 aliphatic heterocycles. The Labute approximate surface area is 146 Å². The molecule has 0 aliphatic carbocycles. The van der Waals surface area contributed by atoms with Crippen molar-refractivity contribution in [1.29, 1.82) is 0 Å². The molecule has 1 N–H and O–H groups in total. The molecule has 0 radical (unpaired) electrons. The minimum absolute atomic E-state index is 0.0614. The van der Waals surface area contributed by atoms with Crippen LogP contribution >= 0.6 is 11.3 Å². The normalized spacial score (nSPS) is 14.6. The Morgan fingerprint density at radius 1 is 1.38 bits per heavy atom. The molecule has 1 amide bonds. The van der Waals surface area contributed by atoms with E-state index in [0.29, 0.717) is 11.4 Å². The van der Waals surface area contributed by atoms with Crippen LogP contribution in [0.3, 0.4) is 0 Å². The Kier molecular flexibility index (Phi) is 5.30. The van der Waals surface area contributed by atoms with E-state index in [-0.39, 0.29) is 5.91 Å². The number of carbonyl (C=O) groups is 1. The van der Waals surface area contributed by atoms with Crippen LogP contribution in [-0.4, -0.2) is 38.7 Å². The van der Waals surface area contributed by atoms with E-state index >= 15 is 0 Å². The molecule has 3 heterocycles. The molecule has 0 fully saturated rings. The van der Waals surface area contributed by atoms with Crippen LogP contribution in [0.2, 0.25) is 0 Å². The molecule has 24 heavy (non-hydrogen) atoms. The van der Waals surface area contributed by atoms with E-state index in [1.165, 1.54) is 29.9 Å². The van der Waals surface area contributed by atoms with Gasteiger partial charge in [0.25, 0.3) is 5.91 Å². The highest BCUT2D eigenvalue weighted by atomic mass is 32.1. The van der Waals surface area contributed by atoms with Gasteiger partial charge in [0.1, 0.15) is 4.88 Å². The topological polar surface area (TPSA) is 63.1 Å². The number of carbonyl (C=O) groups excluding carboxylic acids is 1. The zero-order valence-corrected chi connectivity index (χ0v) is 15.4. The fourth-order valence-corrected chi connectivity index (χ4v) is 3.87. The highest BCUT2D eigenvalue weighted by molar-refractivity contribution is 7.13. The number of thiazole rings is 1. The number of rotatable bonds is 6. The zero-order chi connectivity index (χ0) is 17.1. The van der Waals surface area contributed by atoms with Crippen LogP contribution in [0.4, 0.5) is 0 Å². The summed E-state index contributed by atoms with van der Waals surface area (Å²) in [5.41, 5.74) is 2.96. The van der Waals surface area contributed by atoms with Crippen molar-refractivity contribution in [1.82, 2.24) is 25.0 Å². The standard InChI is InChI=1S/C17H25N5OS/c1-4-5-6-21-7-8-22-15(11-21)9-14(20-22)10-18-17(23)16-12(2)19-13(3)24-16/h9H,4-8,10-11H2,1-3H3,(H,18,23). The Morgan fingerprint density at radius 3 is 2.92 bits per heavy atom.